The van der Waals surface area contributed by atoms with Crippen molar-refractivity contribution < 1.29 is 41.0 Å². The van der Waals surface area contributed by atoms with Crippen LogP contribution >= 0.6 is 0 Å². The Balaban J connectivity index is 2.02. The Morgan fingerprint density at radius 3 is 2.18 bits per heavy atom. The number of nitrogens with one attached hydrogen (secondary N) is 1. The smallest absolute Gasteiger partial charge is 0.394 e. The number of ether oxygens (including phenoxy) is 1. The average Bonchev–Trinajstić information content (AvgIpc) is 2.73. The number of benzene rings is 1. The van der Waals surface area contributed by atoms with Crippen LogP contribution in [0.25, 0.3) is 0 Å². The number of nitrogens with zero attached hydrogens (tertiary/aromatic N) is 2. The van der Waals surface area contributed by atoms with Gasteiger partial charge in [-0.3, -0.25) is 19.1 Å². The highest BCUT2D eigenvalue weighted by molar-refractivity contribution is 5.94. The van der Waals surface area contributed by atoms with Gasteiger partial charge in [-0.15, -0.1) is 0 Å². The minimum absolute atomic E-state index is 0.0991. The fraction of sp³-hybridized carbons (Fsp3) is 0.421. The number of alkyl halides is 6. The maximum atomic E-state index is 13.1. The highest BCUT2D eigenvalue weighted by Crippen LogP contribution is 2.36. The molecule has 0 saturated carbocycles. The number of aliphatic hydroxyl groups excluding tert-OH is 1. The van der Waals surface area contributed by atoms with Gasteiger partial charge in [-0.25, -0.2) is 4.79 Å². The molecular formula is C19H17F6N3O5. The van der Waals surface area contributed by atoms with E-state index in [4.69, 9.17) is 4.74 Å². The van der Waals surface area contributed by atoms with Gasteiger partial charge in [0.2, 0.25) is 0 Å². The number of aliphatic hydroxyl groups is 1. The van der Waals surface area contributed by atoms with E-state index in [0.29, 0.717) is 12.1 Å². The van der Waals surface area contributed by atoms with E-state index < -0.39 is 71.7 Å². The minimum Gasteiger partial charge on any atom is -0.394 e. The predicted octanol–water partition coefficient (Wildman–Crippen LogP) is 1.91. The molecule has 1 aromatic carbocycles. The quantitative estimate of drug-likeness (QED) is 0.652. The van der Waals surface area contributed by atoms with Gasteiger partial charge in [-0.1, -0.05) is 0 Å². The van der Waals surface area contributed by atoms with Crippen molar-refractivity contribution in [1.82, 2.24) is 14.5 Å². The van der Waals surface area contributed by atoms with E-state index >= 15 is 0 Å². The summed E-state index contributed by atoms with van der Waals surface area (Å²) in [5.74, 6) is -1.19. The van der Waals surface area contributed by atoms with Crippen LogP contribution in [0.1, 0.15) is 33.3 Å². The van der Waals surface area contributed by atoms with Crippen LogP contribution in [0.15, 0.2) is 34.0 Å². The maximum Gasteiger partial charge on any atom is 0.416 e. The molecule has 1 amide bonds. The lowest BCUT2D eigenvalue weighted by atomic mass is 10.0. The van der Waals surface area contributed by atoms with E-state index in [0.717, 1.165) is 15.7 Å². The highest BCUT2D eigenvalue weighted by Gasteiger charge is 2.39. The number of H-pyrrole nitrogens is 1. The Kier molecular flexibility index (Phi) is 6.44. The topological polar surface area (TPSA) is 105 Å². The Morgan fingerprint density at radius 2 is 1.67 bits per heavy atom. The summed E-state index contributed by atoms with van der Waals surface area (Å²) in [4.78, 5) is 39.5. The molecule has 2 atom stereocenters. The van der Waals surface area contributed by atoms with Crippen LogP contribution in [0.4, 0.5) is 26.3 Å². The molecular weight excluding hydrogens is 464 g/mol. The van der Waals surface area contributed by atoms with E-state index in [-0.39, 0.29) is 18.2 Å². The van der Waals surface area contributed by atoms with Crippen LogP contribution in [-0.2, 0) is 17.1 Å². The van der Waals surface area contributed by atoms with Crippen LogP contribution < -0.4 is 11.2 Å². The lowest BCUT2D eigenvalue weighted by Crippen LogP contribution is -2.51. The normalized spacial score (nSPS) is 19.6. The molecule has 1 aliphatic rings. The molecule has 0 radical (unpaired) electrons. The number of halogens is 6. The van der Waals surface area contributed by atoms with Crippen molar-refractivity contribution in [2.45, 2.75) is 31.6 Å². The molecule has 3 rings (SSSR count). The standard InChI is InChI=1S/C19H17F6N3O5/c1-9-5-28(17(32)26-15(9)30)14-7-27(6-13(8-29)33-14)16(31)10-2-11(18(20,21)22)4-12(3-10)19(23,24)25/h2-5,13-14,29H,6-8H2,1H3,(H,26,30,32). The third kappa shape index (κ3) is 5.27. The molecule has 2 unspecified atom stereocenters. The fourth-order valence-corrected chi connectivity index (χ4v) is 3.30. The molecule has 0 aliphatic carbocycles. The number of aryl methyl sites for hydroxylation is 1. The van der Waals surface area contributed by atoms with Gasteiger partial charge in [-0.2, -0.15) is 26.3 Å². The number of aromatic amines is 1. The number of carbonyl (C=O) groups excluding carboxylic acids is 1. The van der Waals surface area contributed by atoms with Gasteiger partial charge in [0.05, 0.1) is 24.3 Å². The molecule has 180 valence electrons. The number of hydrogen-bond acceptors (Lipinski definition) is 5. The summed E-state index contributed by atoms with van der Waals surface area (Å²) in [7, 11) is 0. The van der Waals surface area contributed by atoms with Crippen LogP contribution in [0.3, 0.4) is 0 Å². The summed E-state index contributed by atoms with van der Waals surface area (Å²) >= 11 is 0. The first-order valence-electron chi connectivity index (χ1n) is 9.38. The molecule has 2 heterocycles. The minimum atomic E-state index is -5.14. The molecule has 1 aliphatic heterocycles. The van der Waals surface area contributed by atoms with E-state index in [9.17, 15) is 45.8 Å². The fourth-order valence-electron chi connectivity index (χ4n) is 3.30. The number of aromatic nitrogens is 2. The van der Waals surface area contributed by atoms with E-state index in [1.165, 1.54) is 6.92 Å². The summed E-state index contributed by atoms with van der Waals surface area (Å²) in [5.41, 5.74) is -5.68. The summed E-state index contributed by atoms with van der Waals surface area (Å²) in [6.45, 7) is -0.0854. The van der Waals surface area contributed by atoms with Crippen LogP contribution in [0.2, 0.25) is 0 Å². The third-order valence-electron chi connectivity index (χ3n) is 4.93. The van der Waals surface area contributed by atoms with Crippen molar-refractivity contribution in [3.63, 3.8) is 0 Å². The van der Waals surface area contributed by atoms with Crippen LogP contribution in [0, 0.1) is 6.92 Å². The first-order chi connectivity index (χ1) is 15.2. The third-order valence-corrected chi connectivity index (χ3v) is 4.93. The molecule has 1 fully saturated rings. The second-order valence-corrected chi connectivity index (χ2v) is 7.38. The predicted molar refractivity (Wildman–Crippen MR) is 99.4 cm³/mol. The molecule has 8 nitrogen and oxygen atoms in total. The molecule has 0 spiro atoms. The number of carbonyl (C=O) groups is 1. The van der Waals surface area contributed by atoms with Crippen molar-refractivity contribution >= 4 is 5.91 Å². The van der Waals surface area contributed by atoms with E-state index in [1.807, 2.05) is 4.98 Å². The molecule has 1 aromatic heterocycles. The second kappa shape index (κ2) is 8.67. The van der Waals surface area contributed by atoms with Crippen molar-refractivity contribution in [3.05, 3.63) is 67.5 Å². The van der Waals surface area contributed by atoms with Crippen LogP contribution in [-0.4, -0.2) is 51.3 Å². The summed E-state index contributed by atoms with van der Waals surface area (Å²) in [6.07, 6.45) is -11.5. The zero-order chi connectivity index (χ0) is 24.7. The summed E-state index contributed by atoms with van der Waals surface area (Å²) in [6, 6.07) is 0.497. The number of rotatable bonds is 3. The SMILES string of the molecule is Cc1cn(C2CN(C(=O)c3cc(C(F)(F)F)cc(C(F)(F)F)c3)CC(CO)O2)c(=O)[nH]c1=O. The van der Waals surface area contributed by atoms with Crippen LogP contribution in [0.5, 0.6) is 0 Å². The lowest BCUT2D eigenvalue weighted by molar-refractivity contribution is -0.143. The van der Waals surface area contributed by atoms with Crippen molar-refractivity contribution in [2.24, 2.45) is 0 Å². The van der Waals surface area contributed by atoms with Crippen molar-refractivity contribution in [2.75, 3.05) is 19.7 Å². The van der Waals surface area contributed by atoms with Crippen molar-refractivity contribution in [1.29, 1.82) is 0 Å². The van der Waals surface area contributed by atoms with Gasteiger partial charge in [0.15, 0.2) is 6.23 Å². The Morgan fingerprint density at radius 1 is 1.09 bits per heavy atom. The molecule has 14 heteroatoms. The van der Waals surface area contributed by atoms with Gasteiger partial charge in [-0.05, 0) is 25.1 Å². The lowest BCUT2D eigenvalue weighted by Gasteiger charge is -2.38. The van der Waals surface area contributed by atoms with Gasteiger partial charge in [0.25, 0.3) is 11.5 Å². The summed E-state index contributed by atoms with van der Waals surface area (Å²) < 4.78 is 85.3. The largest absolute Gasteiger partial charge is 0.416 e. The second-order valence-electron chi connectivity index (χ2n) is 7.38. The Hall–Kier alpha value is -3.13. The molecule has 2 aromatic rings. The molecule has 33 heavy (non-hydrogen) atoms. The first kappa shape index (κ1) is 24.5. The summed E-state index contributed by atoms with van der Waals surface area (Å²) in [5, 5.41) is 9.49. The van der Waals surface area contributed by atoms with Gasteiger partial charge in [0, 0.05) is 23.9 Å². The zero-order valence-corrected chi connectivity index (χ0v) is 16.8. The molecule has 1 saturated heterocycles. The van der Waals surface area contributed by atoms with Gasteiger partial charge >= 0.3 is 18.0 Å². The Bertz CT molecular complexity index is 1140. The van der Waals surface area contributed by atoms with E-state index in [2.05, 4.69) is 0 Å². The first-order valence-corrected chi connectivity index (χ1v) is 9.38. The molecule has 2 N–H and O–H groups in total. The Labute approximate surface area is 181 Å². The maximum absolute atomic E-state index is 13.1. The number of morpholine rings is 1. The molecule has 0 bridgehead atoms. The van der Waals surface area contributed by atoms with Gasteiger partial charge in [0.1, 0.15) is 6.10 Å². The van der Waals surface area contributed by atoms with Gasteiger partial charge < -0.3 is 14.7 Å². The monoisotopic (exact) mass is 481 g/mol. The van der Waals surface area contributed by atoms with Crippen molar-refractivity contribution in [3.8, 4) is 0 Å². The zero-order valence-electron chi connectivity index (χ0n) is 16.8. The van der Waals surface area contributed by atoms with E-state index in [1.54, 1.807) is 0 Å². The average molecular weight is 481 g/mol. The number of hydrogen-bond donors (Lipinski definition) is 2. The highest BCUT2D eigenvalue weighted by atomic mass is 19.4. The number of amides is 1.